The summed E-state index contributed by atoms with van der Waals surface area (Å²) >= 11 is 3.52. The molecule has 0 aliphatic carbocycles. The summed E-state index contributed by atoms with van der Waals surface area (Å²) in [6, 6.07) is 2.36. The number of fused-ring (bicyclic) bond motifs is 1. The van der Waals surface area contributed by atoms with Crippen LogP contribution in [0.2, 0.25) is 0 Å². The molecular weight excluding hydrogens is 284 g/mol. The van der Waals surface area contributed by atoms with Crippen LogP contribution >= 0.6 is 15.9 Å². The van der Waals surface area contributed by atoms with Gasteiger partial charge in [0.2, 0.25) is 0 Å². The molecule has 0 spiro atoms. The molecular formula is C11H13BrN4O. The number of carbonyl (C=O) groups excluding carboxylic acids is 1. The Hall–Kier alpha value is -1.30. The van der Waals surface area contributed by atoms with Gasteiger partial charge in [-0.15, -0.1) is 0 Å². The monoisotopic (exact) mass is 296 g/mol. The normalized spacial score (nSPS) is 23.6. The van der Waals surface area contributed by atoms with Gasteiger partial charge in [0.05, 0.1) is 16.2 Å². The third-order valence-corrected chi connectivity index (χ3v) is 3.94. The van der Waals surface area contributed by atoms with Gasteiger partial charge in [0.1, 0.15) is 0 Å². The van der Waals surface area contributed by atoms with Crippen LogP contribution in [0, 0.1) is 0 Å². The highest BCUT2D eigenvalue weighted by Crippen LogP contribution is 2.27. The molecule has 0 bridgehead atoms. The van der Waals surface area contributed by atoms with E-state index in [0.717, 1.165) is 36.3 Å². The number of anilines is 1. The summed E-state index contributed by atoms with van der Waals surface area (Å²) in [5, 5.41) is 2.88. The van der Waals surface area contributed by atoms with E-state index in [4.69, 9.17) is 0 Å². The first kappa shape index (κ1) is 10.8. The van der Waals surface area contributed by atoms with Gasteiger partial charge in [0, 0.05) is 38.6 Å². The number of nitrogens with one attached hydrogen (secondary N) is 1. The van der Waals surface area contributed by atoms with Crippen molar-refractivity contribution in [1.29, 1.82) is 0 Å². The molecule has 3 rings (SSSR count). The maximum atomic E-state index is 11.5. The number of piperazine rings is 1. The van der Waals surface area contributed by atoms with E-state index in [1.54, 1.807) is 12.4 Å². The molecule has 3 heterocycles. The minimum absolute atomic E-state index is 0.0726. The van der Waals surface area contributed by atoms with Crippen LogP contribution in [0.15, 0.2) is 22.9 Å². The number of halogens is 1. The second-order valence-electron chi connectivity index (χ2n) is 4.31. The Labute approximate surface area is 108 Å². The van der Waals surface area contributed by atoms with E-state index in [9.17, 15) is 4.79 Å². The zero-order valence-electron chi connectivity index (χ0n) is 9.27. The van der Waals surface area contributed by atoms with E-state index < -0.39 is 0 Å². The number of urea groups is 1. The molecule has 0 radical (unpaired) electrons. The first-order valence-electron chi connectivity index (χ1n) is 5.64. The van der Waals surface area contributed by atoms with Crippen molar-refractivity contribution in [2.24, 2.45) is 0 Å². The Bertz CT molecular complexity index is 453. The van der Waals surface area contributed by atoms with Crippen molar-refractivity contribution in [2.75, 3.05) is 31.1 Å². The zero-order valence-corrected chi connectivity index (χ0v) is 10.9. The van der Waals surface area contributed by atoms with Crippen molar-refractivity contribution in [3.63, 3.8) is 0 Å². The van der Waals surface area contributed by atoms with Crippen molar-refractivity contribution >= 4 is 27.6 Å². The van der Waals surface area contributed by atoms with Crippen molar-refractivity contribution < 1.29 is 4.79 Å². The molecule has 0 saturated carbocycles. The summed E-state index contributed by atoms with van der Waals surface area (Å²) in [5.41, 5.74) is 1.15. The average molecular weight is 297 g/mol. The van der Waals surface area contributed by atoms with Gasteiger partial charge in [0.25, 0.3) is 0 Å². The maximum absolute atomic E-state index is 11.5. The first-order valence-corrected chi connectivity index (χ1v) is 6.44. The molecule has 6 heteroatoms. The molecule has 1 aromatic rings. The van der Waals surface area contributed by atoms with E-state index >= 15 is 0 Å². The molecule has 90 valence electrons. The summed E-state index contributed by atoms with van der Waals surface area (Å²) in [6.07, 6.45) is 3.60. The quantitative estimate of drug-likeness (QED) is 0.843. The fourth-order valence-corrected chi connectivity index (χ4v) is 2.95. The number of aromatic nitrogens is 1. The number of pyridine rings is 1. The van der Waals surface area contributed by atoms with Gasteiger partial charge in [0.15, 0.2) is 0 Å². The smallest absolute Gasteiger partial charge is 0.317 e. The average Bonchev–Trinajstić information content (AvgIpc) is 2.71. The summed E-state index contributed by atoms with van der Waals surface area (Å²) in [5.74, 6) is 0. The van der Waals surface area contributed by atoms with Crippen LogP contribution in [-0.4, -0.2) is 48.1 Å². The molecule has 1 N–H and O–H groups in total. The van der Waals surface area contributed by atoms with Crippen LogP contribution in [-0.2, 0) is 0 Å². The summed E-state index contributed by atoms with van der Waals surface area (Å²) < 4.78 is 1.01. The van der Waals surface area contributed by atoms with E-state index in [1.165, 1.54) is 0 Å². The number of amides is 2. The Morgan fingerprint density at radius 3 is 3.18 bits per heavy atom. The van der Waals surface area contributed by atoms with E-state index in [2.05, 4.69) is 31.1 Å². The van der Waals surface area contributed by atoms with Crippen LogP contribution in [0.1, 0.15) is 0 Å². The number of hydrogen-bond donors (Lipinski definition) is 1. The van der Waals surface area contributed by atoms with Gasteiger partial charge in [-0.2, -0.15) is 0 Å². The van der Waals surface area contributed by atoms with Crippen LogP contribution in [0.25, 0.3) is 0 Å². The molecule has 5 nitrogen and oxygen atoms in total. The SMILES string of the molecule is O=C1NCC2CN(c3ccncc3Br)CCN12. The van der Waals surface area contributed by atoms with Gasteiger partial charge < -0.3 is 15.1 Å². The fraction of sp³-hybridized carbons (Fsp3) is 0.455. The molecule has 2 amide bonds. The first-order chi connectivity index (χ1) is 8.25. The number of carbonyl (C=O) groups is 1. The molecule has 1 unspecified atom stereocenters. The van der Waals surface area contributed by atoms with Crippen molar-refractivity contribution in [3.8, 4) is 0 Å². The highest BCUT2D eigenvalue weighted by molar-refractivity contribution is 9.10. The molecule has 2 aliphatic rings. The summed E-state index contributed by atoms with van der Waals surface area (Å²) in [6.45, 7) is 3.27. The molecule has 1 aromatic heterocycles. The lowest BCUT2D eigenvalue weighted by molar-refractivity contribution is 0.197. The second-order valence-corrected chi connectivity index (χ2v) is 5.16. The third kappa shape index (κ3) is 1.86. The predicted octanol–water partition coefficient (Wildman–Crippen LogP) is 1.06. The molecule has 2 fully saturated rings. The highest BCUT2D eigenvalue weighted by Gasteiger charge is 2.35. The van der Waals surface area contributed by atoms with Crippen LogP contribution in [0.4, 0.5) is 10.5 Å². The molecule has 2 aliphatic heterocycles. The number of rotatable bonds is 1. The lowest BCUT2D eigenvalue weighted by atomic mass is 10.2. The molecule has 2 saturated heterocycles. The van der Waals surface area contributed by atoms with Crippen LogP contribution < -0.4 is 10.2 Å². The summed E-state index contributed by atoms with van der Waals surface area (Å²) in [4.78, 5) is 19.8. The lowest BCUT2D eigenvalue weighted by Gasteiger charge is -2.38. The second kappa shape index (κ2) is 4.18. The number of hydrogen-bond acceptors (Lipinski definition) is 3. The molecule has 17 heavy (non-hydrogen) atoms. The van der Waals surface area contributed by atoms with E-state index in [-0.39, 0.29) is 12.1 Å². The third-order valence-electron chi connectivity index (χ3n) is 3.32. The zero-order chi connectivity index (χ0) is 11.8. The fourth-order valence-electron chi connectivity index (χ4n) is 2.45. The minimum Gasteiger partial charge on any atom is -0.367 e. The minimum atomic E-state index is 0.0726. The van der Waals surface area contributed by atoms with Crippen LogP contribution in [0.5, 0.6) is 0 Å². The Morgan fingerprint density at radius 2 is 2.35 bits per heavy atom. The largest absolute Gasteiger partial charge is 0.367 e. The summed E-state index contributed by atoms with van der Waals surface area (Å²) in [7, 11) is 0. The Kier molecular flexibility index (Phi) is 2.66. The highest BCUT2D eigenvalue weighted by atomic mass is 79.9. The van der Waals surface area contributed by atoms with Crippen LogP contribution in [0.3, 0.4) is 0 Å². The van der Waals surface area contributed by atoms with Crippen molar-refractivity contribution in [3.05, 3.63) is 22.9 Å². The van der Waals surface area contributed by atoms with Crippen molar-refractivity contribution in [1.82, 2.24) is 15.2 Å². The van der Waals surface area contributed by atoms with E-state index in [0.29, 0.717) is 0 Å². The standard InChI is InChI=1S/C11H13BrN4O/c12-9-6-13-2-1-10(9)15-3-4-16-8(7-15)5-14-11(16)17/h1-2,6,8H,3-5,7H2,(H,14,17). The molecule has 0 aromatic carbocycles. The Balaban J connectivity index is 1.80. The van der Waals surface area contributed by atoms with E-state index in [1.807, 2.05) is 11.0 Å². The van der Waals surface area contributed by atoms with Gasteiger partial charge in [-0.25, -0.2) is 4.79 Å². The number of nitrogens with zero attached hydrogens (tertiary/aromatic N) is 3. The maximum Gasteiger partial charge on any atom is 0.317 e. The predicted molar refractivity (Wildman–Crippen MR) is 68.0 cm³/mol. The topological polar surface area (TPSA) is 48.5 Å². The molecule has 1 atom stereocenters. The van der Waals surface area contributed by atoms with Gasteiger partial charge in [-0.05, 0) is 22.0 Å². The Morgan fingerprint density at radius 1 is 1.47 bits per heavy atom. The lowest BCUT2D eigenvalue weighted by Crippen LogP contribution is -2.52. The van der Waals surface area contributed by atoms with Gasteiger partial charge in [-0.3, -0.25) is 4.98 Å². The van der Waals surface area contributed by atoms with Crippen molar-refractivity contribution in [2.45, 2.75) is 6.04 Å². The van der Waals surface area contributed by atoms with Gasteiger partial charge in [-0.1, -0.05) is 0 Å². The van der Waals surface area contributed by atoms with Gasteiger partial charge >= 0.3 is 6.03 Å².